The maximum absolute atomic E-state index is 14.0. The summed E-state index contributed by atoms with van der Waals surface area (Å²) in [5.74, 6) is -0.0710. The molecule has 1 unspecified atom stereocenters. The molecular weight excluding hydrogens is 435 g/mol. The zero-order valence-electron chi connectivity index (χ0n) is 17.1. The summed E-state index contributed by atoms with van der Waals surface area (Å²) in [6.07, 6.45) is -4.52. The van der Waals surface area contributed by atoms with Crippen LogP contribution in [0, 0.1) is 12.7 Å². The van der Waals surface area contributed by atoms with Gasteiger partial charge in [0.2, 0.25) is 0 Å². The van der Waals surface area contributed by atoms with Crippen LogP contribution in [0.1, 0.15) is 16.7 Å². The van der Waals surface area contributed by atoms with E-state index < -0.39 is 17.6 Å². The van der Waals surface area contributed by atoms with Crippen LogP contribution in [0.3, 0.4) is 0 Å². The third-order valence-electron chi connectivity index (χ3n) is 5.26. The quantitative estimate of drug-likeness (QED) is 0.267. The van der Waals surface area contributed by atoms with E-state index in [1.54, 1.807) is 24.3 Å². The van der Waals surface area contributed by atoms with Crippen molar-refractivity contribution in [2.24, 2.45) is 0 Å². The van der Waals surface area contributed by atoms with Gasteiger partial charge in [-0.2, -0.15) is 13.2 Å². The van der Waals surface area contributed by atoms with E-state index in [4.69, 9.17) is 0 Å². The Morgan fingerprint density at radius 3 is 2.44 bits per heavy atom. The normalized spacial score (nSPS) is 11.6. The summed E-state index contributed by atoms with van der Waals surface area (Å²) in [6, 6.07) is 17.0. The van der Waals surface area contributed by atoms with Crippen LogP contribution in [0.2, 0.25) is 0 Å². The van der Waals surface area contributed by atoms with Crippen LogP contribution < -0.4 is 10.6 Å². The van der Waals surface area contributed by atoms with Crippen LogP contribution in [0.15, 0.2) is 73.3 Å². The summed E-state index contributed by atoms with van der Waals surface area (Å²) in [5, 5.41) is 5.22. The molecule has 1 heterocycles. The van der Waals surface area contributed by atoms with Crippen molar-refractivity contribution in [2.45, 2.75) is 13.1 Å². The first-order valence-electron chi connectivity index (χ1n) is 9.73. The van der Waals surface area contributed by atoms with E-state index in [0.29, 0.717) is 33.2 Å². The number of aromatic nitrogens is 1. The average Bonchev–Trinajstić information content (AvgIpc) is 2.75. The summed E-state index contributed by atoms with van der Waals surface area (Å²) in [4.78, 5) is 4.51. The summed E-state index contributed by atoms with van der Waals surface area (Å²) >= 11 is 0. The summed E-state index contributed by atoms with van der Waals surface area (Å²) in [6.45, 7) is 5.86. The molecule has 3 aromatic carbocycles. The van der Waals surface area contributed by atoms with Crippen molar-refractivity contribution in [1.82, 2.24) is 4.98 Å². The number of fused-ring (bicyclic) bond motifs is 1. The molecule has 0 radical (unpaired) electrons. The average molecular weight is 454 g/mol. The first-order chi connectivity index (χ1) is 15.1. The summed E-state index contributed by atoms with van der Waals surface area (Å²) < 4.78 is 54.8. The highest BCUT2D eigenvalue weighted by atomic mass is 31.0. The predicted molar refractivity (Wildman–Crippen MR) is 125 cm³/mol. The molecule has 0 bridgehead atoms. The van der Waals surface area contributed by atoms with E-state index in [9.17, 15) is 17.6 Å². The third kappa shape index (κ3) is 4.23. The fraction of sp³-hybridized carbons (Fsp3) is 0.0800. The molecule has 0 aliphatic carbocycles. The van der Waals surface area contributed by atoms with E-state index in [0.717, 1.165) is 11.6 Å². The van der Waals surface area contributed by atoms with Gasteiger partial charge in [0.25, 0.3) is 0 Å². The van der Waals surface area contributed by atoms with Gasteiger partial charge < -0.3 is 5.32 Å². The Morgan fingerprint density at radius 2 is 1.69 bits per heavy atom. The van der Waals surface area contributed by atoms with Gasteiger partial charge in [0.05, 0.1) is 11.3 Å². The molecule has 0 spiro atoms. The maximum Gasteiger partial charge on any atom is 0.417 e. The SMILES string of the molecule is C=C(Nc1nc(-c2ccccc2C(F)(F)F)cc2ccccc12)c1cc(F)cc(P)c1C. The van der Waals surface area contributed by atoms with Gasteiger partial charge in [0.15, 0.2) is 0 Å². The minimum absolute atomic E-state index is 0.0198. The van der Waals surface area contributed by atoms with Crippen LogP contribution in [-0.4, -0.2) is 4.98 Å². The highest BCUT2D eigenvalue weighted by Crippen LogP contribution is 2.38. The number of anilines is 1. The standard InChI is InChI=1S/C25H19F4N2P/c1-14-20(12-17(26)13-23(14)32)15(2)30-24-18-8-4-3-7-16(18)11-22(31-24)19-9-5-6-10-21(19)25(27,28)29/h3-13H,2,32H2,1H3,(H,30,31). The number of nitrogens with one attached hydrogen (secondary N) is 1. The molecule has 1 aromatic heterocycles. The molecule has 1 N–H and O–H groups in total. The number of rotatable bonds is 4. The zero-order chi connectivity index (χ0) is 23.0. The fourth-order valence-corrected chi connectivity index (χ4v) is 3.92. The Hall–Kier alpha value is -3.24. The number of hydrogen-bond acceptors (Lipinski definition) is 2. The minimum atomic E-state index is -4.52. The summed E-state index contributed by atoms with van der Waals surface area (Å²) in [7, 11) is 2.48. The van der Waals surface area contributed by atoms with E-state index in [1.807, 2.05) is 19.1 Å². The van der Waals surface area contributed by atoms with Crippen molar-refractivity contribution in [2.75, 3.05) is 5.32 Å². The summed E-state index contributed by atoms with van der Waals surface area (Å²) in [5.41, 5.74) is 1.16. The number of halogens is 4. The van der Waals surface area contributed by atoms with Gasteiger partial charge in [-0.1, -0.05) is 49.0 Å². The topological polar surface area (TPSA) is 24.9 Å². The van der Waals surface area contributed by atoms with Crippen LogP contribution in [0.5, 0.6) is 0 Å². The fourth-order valence-electron chi connectivity index (χ4n) is 3.61. The zero-order valence-corrected chi connectivity index (χ0v) is 18.2. The van der Waals surface area contributed by atoms with Gasteiger partial charge in [0.1, 0.15) is 11.6 Å². The van der Waals surface area contributed by atoms with Crippen molar-refractivity contribution in [3.05, 3.63) is 95.8 Å². The van der Waals surface area contributed by atoms with Gasteiger partial charge in [-0.05, 0) is 47.4 Å². The molecule has 7 heteroatoms. The third-order valence-corrected chi connectivity index (χ3v) is 5.86. The van der Waals surface area contributed by atoms with E-state index in [-0.39, 0.29) is 11.3 Å². The molecule has 4 rings (SSSR count). The van der Waals surface area contributed by atoms with Crippen molar-refractivity contribution in [3.63, 3.8) is 0 Å². The number of hydrogen-bond donors (Lipinski definition) is 1. The van der Waals surface area contributed by atoms with Crippen molar-refractivity contribution < 1.29 is 17.6 Å². The second kappa shape index (κ2) is 8.36. The first kappa shape index (κ1) is 22.0. The lowest BCUT2D eigenvalue weighted by molar-refractivity contribution is -0.137. The molecule has 0 fully saturated rings. The highest BCUT2D eigenvalue weighted by Gasteiger charge is 2.33. The first-order valence-corrected chi connectivity index (χ1v) is 10.3. The molecule has 32 heavy (non-hydrogen) atoms. The lowest BCUT2D eigenvalue weighted by atomic mass is 10.0. The van der Waals surface area contributed by atoms with E-state index in [2.05, 4.69) is 26.1 Å². The highest BCUT2D eigenvalue weighted by molar-refractivity contribution is 7.27. The molecule has 4 aromatic rings. The molecule has 0 saturated heterocycles. The van der Waals surface area contributed by atoms with Crippen LogP contribution in [-0.2, 0) is 6.18 Å². The van der Waals surface area contributed by atoms with Gasteiger partial charge >= 0.3 is 6.18 Å². The van der Waals surface area contributed by atoms with Gasteiger partial charge in [0, 0.05) is 22.2 Å². The molecule has 0 saturated carbocycles. The van der Waals surface area contributed by atoms with E-state index >= 15 is 0 Å². The Morgan fingerprint density at radius 1 is 1.00 bits per heavy atom. The molecule has 0 aliphatic rings. The molecule has 2 nitrogen and oxygen atoms in total. The Kier molecular flexibility index (Phi) is 5.74. The number of nitrogens with zero attached hydrogens (tertiary/aromatic N) is 1. The smallest absolute Gasteiger partial charge is 0.340 e. The molecule has 162 valence electrons. The largest absolute Gasteiger partial charge is 0.417 e. The van der Waals surface area contributed by atoms with Crippen LogP contribution in [0.25, 0.3) is 27.7 Å². The molecule has 0 aliphatic heterocycles. The van der Waals surface area contributed by atoms with E-state index in [1.165, 1.54) is 24.3 Å². The minimum Gasteiger partial charge on any atom is -0.340 e. The Bertz CT molecular complexity index is 1350. The van der Waals surface area contributed by atoms with Crippen LogP contribution >= 0.6 is 9.24 Å². The second-order valence-corrected chi connectivity index (χ2v) is 8.01. The van der Waals surface area contributed by atoms with Crippen molar-refractivity contribution in [3.8, 4) is 11.3 Å². The van der Waals surface area contributed by atoms with Gasteiger partial charge in [-0.15, -0.1) is 9.24 Å². The molecule has 0 amide bonds. The number of alkyl halides is 3. The molecular formula is C25H19F4N2P. The van der Waals surface area contributed by atoms with Crippen molar-refractivity contribution >= 4 is 36.8 Å². The predicted octanol–water partition coefficient (Wildman–Crippen LogP) is 6.95. The van der Waals surface area contributed by atoms with Gasteiger partial charge in [-0.3, -0.25) is 0 Å². The van der Waals surface area contributed by atoms with Crippen LogP contribution in [0.4, 0.5) is 23.4 Å². The molecule has 1 atom stereocenters. The second-order valence-electron chi connectivity index (χ2n) is 7.39. The number of benzene rings is 3. The van der Waals surface area contributed by atoms with Gasteiger partial charge in [-0.25, -0.2) is 9.37 Å². The maximum atomic E-state index is 14.0. The van der Waals surface area contributed by atoms with Crippen molar-refractivity contribution in [1.29, 1.82) is 0 Å². The number of pyridine rings is 1. The Labute approximate surface area is 185 Å². The Balaban J connectivity index is 1.86. The lowest BCUT2D eigenvalue weighted by Crippen LogP contribution is -2.09. The monoisotopic (exact) mass is 454 g/mol. The lowest BCUT2D eigenvalue weighted by Gasteiger charge is -2.17.